The van der Waals surface area contributed by atoms with Gasteiger partial charge in [0.25, 0.3) is 0 Å². The van der Waals surface area contributed by atoms with Gasteiger partial charge >= 0.3 is 26.9 Å². The van der Waals surface area contributed by atoms with E-state index >= 15 is 0 Å². The summed E-state index contributed by atoms with van der Waals surface area (Å²) < 4.78 is 18.4. The number of rotatable bonds is 19. The van der Waals surface area contributed by atoms with Crippen molar-refractivity contribution in [1.29, 1.82) is 0 Å². The molecule has 0 radical (unpaired) electrons. The Morgan fingerprint density at radius 3 is 1.12 bits per heavy atom. The fourth-order valence-electron chi connectivity index (χ4n) is 2.39. The Hall–Kier alpha value is -3.20. The van der Waals surface area contributed by atoms with E-state index in [1.165, 1.54) is 35.3 Å². The van der Waals surface area contributed by atoms with Crippen LogP contribution in [-0.4, -0.2) is 79.9 Å². The minimum absolute atomic E-state index is 0.162. The van der Waals surface area contributed by atoms with E-state index < -0.39 is 43.9 Å². The van der Waals surface area contributed by atoms with Crippen molar-refractivity contribution in [3.05, 3.63) is 41.8 Å². The molecule has 0 aliphatic heterocycles. The molecule has 0 aliphatic rings. The second-order valence-corrected chi connectivity index (χ2v) is 12.3. The molecule has 0 rings (SSSR count). The van der Waals surface area contributed by atoms with Gasteiger partial charge in [0.05, 0.1) is 0 Å². The molecule has 0 aromatic carbocycles. The standard InChI is InChI=1S/C15H27N15O6S3Si/c1-37-7-4-13(16,23-26-19)10(31)34-40(30-29-22,35-11(32)14(17,24-27-20)5-8-38-2)36-12(33)15(18,25-28-21)6-9-39-3/h4-9,16-18H2,1-3H3. The van der Waals surface area contributed by atoms with Gasteiger partial charge in [-0.25, -0.2) is 0 Å². The molecule has 6 N–H and O–H groups in total. The maximum atomic E-state index is 13.1. The van der Waals surface area contributed by atoms with Crippen LogP contribution in [0.5, 0.6) is 0 Å². The third-order valence-corrected chi connectivity index (χ3v) is 8.13. The van der Waals surface area contributed by atoms with Gasteiger partial charge in [0, 0.05) is 24.4 Å². The molecule has 0 amide bonds. The van der Waals surface area contributed by atoms with Gasteiger partial charge in [0.2, 0.25) is 0 Å². The van der Waals surface area contributed by atoms with Gasteiger partial charge in [-0.2, -0.15) is 35.3 Å². The summed E-state index contributed by atoms with van der Waals surface area (Å²) in [7, 11) is -5.67. The number of nitrogens with zero attached hydrogens (tertiary/aromatic N) is 12. The molecular formula is C15H27N15O6S3Si. The summed E-state index contributed by atoms with van der Waals surface area (Å²) in [5, 5.41) is 9.67. The zero-order valence-corrected chi connectivity index (χ0v) is 25.0. The van der Waals surface area contributed by atoms with Gasteiger partial charge in [0.15, 0.2) is 17.0 Å². The first kappa shape index (κ1) is 36.8. The first-order valence-electron chi connectivity index (χ1n) is 10.6. The number of thioether (sulfide) groups is 3. The molecule has 0 aromatic rings. The molecule has 40 heavy (non-hydrogen) atoms. The van der Waals surface area contributed by atoms with Gasteiger partial charge in [-0.15, -0.1) is 0 Å². The predicted molar refractivity (Wildman–Crippen MR) is 150 cm³/mol. The summed E-state index contributed by atoms with van der Waals surface area (Å²) in [6, 6.07) is 0. The first-order valence-corrected chi connectivity index (χ1v) is 16.5. The number of hydrogen-bond donors (Lipinski definition) is 3. The van der Waals surface area contributed by atoms with Gasteiger partial charge in [-0.05, 0) is 77.4 Å². The van der Waals surface area contributed by atoms with E-state index in [4.69, 9.17) is 47.1 Å². The summed E-state index contributed by atoms with van der Waals surface area (Å²) in [5.74, 6) is -4.38. The predicted octanol–water partition coefficient (Wildman–Crippen LogP) is 2.52. The Balaban J connectivity index is 7.00. The molecule has 0 spiro atoms. The average Bonchev–Trinajstić information content (AvgIpc) is 2.90. The second-order valence-electron chi connectivity index (χ2n) is 7.45. The molecule has 0 bridgehead atoms. The van der Waals surface area contributed by atoms with Crippen LogP contribution in [0.15, 0.2) is 20.1 Å². The van der Waals surface area contributed by atoms with Crippen molar-refractivity contribution in [2.24, 2.45) is 37.3 Å². The molecular weight excluding hydrogens is 611 g/mol. The highest BCUT2D eigenvalue weighted by Gasteiger charge is 2.60. The van der Waals surface area contributed by atoms with E-state index in [1.807, 2.05) is 0 Å². The molecule has 3 atom stereocenters. The molecule has 0 fully saturated rings. The van der Waals surface area contributed by atoms with Crippen molar-refractivity contribution in [2.45, 2.75) is 36.3 Å². The normalized spacial score (nSPS) is 16.2. The molecule has 0 heterocycles. The molecule has 0 aliphatic carbocycles. The van der Waals surface area contributed by atoms with Crippen LogP contribution in [0.3, 0.4) is 0 Å². The van der Waals surface area contributed by atoms with Crippen LogP contribution in [0.25, 0.3) is 41.8 Å². The fraction of sp³-hybridized carbons (Fsp3) is 0.800. The number of hydrogen-bond acceptors (Lipinski definition) is 16. The Morgan fingerprint density at radius 1 is 0.650 bits per heavy atom. The minimum Gasteiger partial charge on any atom is -0.451 e. The Kier molecular flexibility index (Phi) is 16.1. The lowest BCUT2D eigenvalue weighted by Gasteiger charge is -2.32. The van der Waals surface area contributed by atoms with Crippen molar-refractivity contribution >= 4 is 62.2 Å². The highest BCUT2D eigenvalue weighted by atomic mass is 32.2. The minimum atomic E-state index is -5.67. The van der Waals surface area contributed by atoms with Crippen LogP contribution in [0.2, 0.25) is 0 Å². The largest absolute Gasteiger partial charge is 0.799 e. The van der Waals surface area contributed by atoms with E-state index in [1.54, 1.807) is 18.8 Å². The van der Waals surface area contributed by atoms with Crippen molar-refractivity contribution in [3.63, 3.8) is 0 Å². The topological polar surface area (TPSA) is 352 Å². The highest BCUT2D eigenvalue weighted by Crippen LogP contribution is 2.26. The maximum Gasteiger partial charge on any atom is 0.799 e. The average molecular weight is 638 g/mol. The monoisotopic (exact) mass is 637 g/mol. The molecule has 21 nitrogen and oxygen atoms in total. The SMILES string of the molecule is CSCCC(N)(N=[N+]=[N-])C(=O)O[Si](N=[N+]=[N-])(OC(=O)C(N)(CCSC)N=[N+]=[N-])OC(=O)C(N)(CCSC)N=[N+]=[N-]. The van der Waals surface area contributed by atoms with Gasteiger partial charge in [-0.3, -0.25) is 14.4 Å². The van der Waals surface area contributed by atoms with Crippen LogP contribution in [-0.2, 0) is 27.7 Å². The lowest BCUT2D eigenvalue weighted by atomic mass is 10.1. The fourth-order valence-corrected chi connectivity index (χ4v) is 5.52. The summed E-state index contributed by atoms with van der Waals surface area (Å²) in [6.45, 7) is 0. The first-order chi connectivity index (χ1) is 18.8. The Labute approximate surface area is 240 Å². The molecule has 0 saturated heterocycles. The summed E-state index contributed by atoms with van der Waals surface area (Å²) >= 11 is 3.64. The number of carbonyl (C=O) groups excluding carboxylic acids is 3. The van der Waals surface area contributed by atoms with Crippen molar-refractivity contribution in [1.82, 2.24) is 0 Å². The van der Waals surface area contributed by atoms with Crippen molar-refractivity contribution < 1.29 is 27.7 Å². The zero-order valence-electron chi connectivity index (χ0n) is 21.5. The highest BCUT2D eigenvalue weighted by molar-refractivity contribution is 7.98. The maximum absolute atomic E-state index is 13.1. The van der Waals surface area contributed by atoms with Crippen LogP contribution >= 0.6 is 35.3 Å². The van der Waals surface area contributed by atoms with Gasteiger partial charge in [0.1, 0.15) is 0 Å². The summed E-state index contributed by atoms with van der Waals surface area (Å²) in [5.41, 5.74) is 46.4. The zero-order chi connectivity index (χ0) is 30.9. The van der Waals surface area contributed by atoms with E-state index in [9.17, 15) is 19.9 Å². The van der Waals surface area contributed by atoms with Crippen LogP contribution in [0, 0.1) is 0 Å². The lowest BCUT2D eigenvalue weighted by Crippen LogP contribution is -2.61. The van der Waals surface area contributed by atoms with Crippen molar-refractivity contribution in [3.8, 4) is 0 Å². The van der Waals surface area contributed by atoms with Gasteiger partial charge < -0.3 is 30.5 Å². The molecule has 0 saturated carbocycles. The van der Waals surface area contributed by atoms with E-state index in [-0.39, 0.29) is 36.5 Å². The number of nitrogens with two attached hydrogens (primary N) is 3. The van der Waals surface area contributed by atoms with Gasteiger partial charge in [-0.1, -0.05) is 15.3 Å². The molecule has 220 valence electrons. The third kappa shape index (κ3) is 10.8. The van der Waals surface area contributed by atoms with Crippen LogP contribution < -0.4 is 17.2 Å². The number of carbonyl (C=O) groups is 3. The van der Waals surface area contributed by atoms with Crippen molar-refractivity contribution in [2.75, 3.05) is 36.0 Å². The van der Waals surface area contributed by atoms with Crippen LogP contribution in [0.1, 0.15) is 19.3 Å². The molecule has 0 aromatic heterocycles. The Bertz CT molecular complexity index is 1010. The smallest absolute Gasteiger partial charge is 0.451 e. The lowest BCUT2D eigenvalue weighted by molar-refractivity contribution is -0.157. The number of azide groups is 4. The van der Waals surface area contributed by atoms with E-state index in [0.29, 0.717) is 0 Å². The summed E-state index contributed by atoms with van der Waals surface area (Å²) in [4.78, 5) is 49.3. The quantitative estimate of drug-likeness (QED) is 0.0795. The summed E-state index contributed by atoms with van der Waals surface area (Å²) in [6.07, 6.45) is 4.00. The van der Waals surface area contributed by atoms with E-state index in [0.717, 1.165) is 0 Å². The third-order valence-electron chi connectivity index (χ3n) is 4.62. The van der Waals surface area contributed by atoms with Crippen LogP contribution in [0.4, 0.5) is 0 Å². The molecule has 25 heteroatoms. The second kappa shape index (κ2) is 17.5. The Morgan fingerprint density at radius 2 is 0.925 bits per heavy atom. The molecule has 3 unspecified atom stereocenters. The van der Waals surface area contributed by atoms with E-state index in [2.05, 4.69) is 39.8 Å².